The molecular formula is C10H10O3. The first-order valence-corrected chi connectivity index (χ1v) is 3.73. The molecule has 0 heterocycles. The fraction of sp³-hybridized carbons (Fsp3) is 0.100. The van der Waals surface area contributed by atoms with Crippen molar-refractivity contribution in [2.45, 2.75) is 0 Å². The van der Waals surface area contributed by atoms with Crippen molar-refractivity contribution in [2.24, 2.45) is 0 Å². The summed E-state index contributed by atoms with van der Waals surface area (Å²) < 4.78 is 4.55. The highest BCUT2D eigenvalue weighted by molar-refractivity contribution is 5.93. The van der Waals surface area contributed by atoms with Crippen molar-refractivity contribution < 1.29 is 14.6 Å². The molecule has 0 amide bonds. The molecule has 1 aromatic rings. The van der Waals surface area contributed by atoms with Gasteiger partial charge in [0.2, 0.25) is 0 Å². The van der Waals surface area contributed by atoms with Gasteiger partial charge < -0.3 is 9.84 Å². The molecule has 0 atom stereocenters. The summed E-state index contributed by atoms with van der Waals surface area (Å²) in [6.07, 6.45) is 1.49. The van der Waals surface area contributed by atoms with Crippen LogP contribution in [0.1, 0.15) is 15.9 Å². The third kappa shape index (κ3) is 1.87. The third-order valence-electron chi connectivity index (χ3n) is 1.66. The first-order chi connectivity index (χ1) is 6.19. The number of esters is 1. The Morgan fingerprint density at radius 3 is 2.85 bits per heavy atom. The maximum Gasteiger partial charge on any atom is 0.338 e. The van der Waals surface area contributed by atoms with Gasteiger partial charge in [-0.1, -0.05) is 12.7 Å². The lowest BCUT2D eigenvalue weighted by Crippen LogP contribution is -2.02. The first-order valence-electron chi connectivity index (χ1n) is 3.73. The van der Waals surface area contributed by atoms with Crippen LogP contribution in [-0.4, -0.2) is 18.2 Å². The molecule has 0 aliphatic heterocycles. The minimum atomic E-state index is -0.435. The summed E-state index contributed by atoms with van der Waals surface area (Å²) in [5.74, 6) is -0.336. The van der Waals surface area contributed by atoms with Crippen LogP contribution in [0.25, 0.3) is 6.08 Å². The van der Waals surface area contributed by atoms with Crippen molar-refractivity contribution in [3.05, 3.63) is 35.9 Å². The standard InChI is InChI=1S/C10H10O3/c1-3-7-6-8(11)4-5-9(7)10(12)13-2/h3-6,11H,1H2,2H3. The van der Waals surface area contributed by atoms with Crippen molar-refractivity contribution in [3.8, 4) is 5.75 Å². The smallest absolute Gasteiger partial charge is 0.338 e. The van der Waals surface area contributed by atoms with Gasteiger partial charge in [0.15, 0.2) is 0 Å². The van der Waals surface area contributed by atoms with Crippen molar-refractivity contribution in [3.63, 3.8) is 0 Å². The van der Waals surface area contributed by atoms with E-state index in [0.717, 1.165) is 0 Å². The van der Waals surface area contributed by atoms with Gasteiger partial charge in [0.05, 0.1) is 12.7 Å². The number of benzene rings is 1. The normalized spacial score (nSPS) is 9.31. The summed E-state index contributed by atoms with van der Waals surface area (Å²) >= 11 is 0. The molecule has 0 aromatic heterocycles. The maximum atomic E-state index is 11.2. The molecule has 1 rings (SSSR count). The molecule has 1 aromatic carbocycles. The zero-order valence-electron chi connectivity index (χ0n) is 7.28. The zero-order chi connectivity index (χ0) is 9.84. The van der Waals surface area contributed by atoms with E-state index < -0.39 is 5.97 Å². The largest absolute Gasteiger partial charge is 0.508 e. The monoisotopic (exact) mass is 178 g/mol. The van der Waals surface area contributed by atoms with E-state index in [9.17, 15) is 4.79 Å². The average molecular weight is 178 g/mol. The Morgan fingerprint density at radius 1 is 1.62 bits per heavy atom. The molecule has 1 N–H and O–H groups in total. The second-order valence-corrected chi connectivity index (χ2v) is 2.47. The Kier molecular flexibility index (Phi) is 2.69. The molecule has 0 radical (unpaired) electrons. The van der Waals surface area contributed by atoms with E-state index in [1.807, 2.05) is 0 Å². The Bertz CT molecular complexity index is 342. The van der Waals surface area contributed by atoms with E-state index >= 15 is 0 Å². The number of rotatable bonds is 2. The van der Waals surface area contributed by atoms with Crippen molar-refractivity contribution in [1.29, 1.82) is 0 Å². The van der Waals surface area contributed by atoms with Crippen LogP contribution in [0, 0.1) is 0 Å². The number of carbonyl (C=O) groups is 1. The van der Waals surface area contributed by atoms with Crippen LogP contribution in [0.2, 0.25) is 0 Å². The van der Waals surface area contributed by atoms with Crippen molar-refractivity contribution in [2.75, 3.05) is 7.11 Å². The lowest BCUT2D eigenvalue weighted by atomic mass is 10.1. The summed E-state index contributed by atoms with van der Waals surface area (Å²) in [4.78, 5) is 11.2. The van der Waals surface area contributed by atoms with Crippen LogP contribution in [0.15, 0.2) is 24.8 Å². The number of hydrogen-bond donors (Lipinski definition) is 1. The van der Waals surface area contributed by atoms with Crippen LogP contribution in [0.4, 0.5) is 0 Å². The van der Waals surface area contributed by atoms with Crippen LogP contribution in [0.5, 0.6) is 5.75 Å². The van der Waals surface area contributed by atoms with Gasteiger partial charge in [-0.15, -0.1) is 0 Å². The molecule has 0 saturated carbocycles. The van der Waals surface area contributed by atoms with Gasteiger partial charge >= 0.3 is 5.97 Å². The van der Waals surface area contributed by atoms with E-state index in [1.54, 1.807) is 0 Å². The third-order valence-corrected chi connectivity index (χ3v) is 1.66. The molecule has 0 fully saturated rings. The summed E-state index contributed by atoms with van der Waals surface area (Å²) in [5.41, 5.74) is 0.960. The number of carbonyl (C=O) groups excluding carboxylic acids is 1. The summed E-state index contributed by atoms with van der Waals surface area (Å²) in [6, 6.07) is 4.39. The molecule has 0 spiro atoms. The maximum absolute atomic E-state index is 11.2. The van der Waals surface area contributed by atoms with Gasteiger partial charge in [-0.25, -0.2) is 4.79 Å². The minimum Gasteiger partial charge on any atom is -0.508 e. The Labute approximate surface area is 76.3 Å². The molecule has 0 unspecified atom stereocenters. The number of hydrogen-bond acceptors (Lipinski definition) is 3. The molecule has 0 bridgehead atoms. The quantitative estimate of drug-likeness (QED) is 0.702. The highest BCUT2D eigenvalue weighted by atomic mass is 16.5. The van der Waals surface area contributed by atoms with Gasteiger partial charge in [-0.2, -0.15) is 0 Å². The van der Waals surface area contributed by atoms with E-state index in [4.69, 9.17) is 5.11 Å². The van der Waals surface area contributed by atoms with Crippen molar-refractivity contribution >= 4 is 12.0 Å². The number of ether oxygens (including phenoxy) is 1. The highest BCUT2D eigenvalue weighted by Crippen LogP contribution is 2.18. The van der Waals surface area contributed by atoms with E-state index in [1.165, 1.54) is 31.4 Å². The van der Waals surface area contributed by atoms with E-state index in [-0.39, 0.29) is 5.75 Å². The zero-order valence-corrected chi connectivity index (χ0v) is 7.28. The fourth-order valence-corrected chi connectivity index (χ4v) is 1.01. The van der Waals surface area contributed by atoms with Gasteiger partial charge in [0.25, 0.3) is 0 Å². The van der Waals surface area contributed by atoms with Crippen molar-refractivity contribution in [1.82, 2.24) is 0 Å². The summed E-state index contributed by atoms with van der Waals surface area (Å²) in [6.45, 7) is 3.53. The molecule has 3 heteroatoms. The molecule has 0 saturated heterocycles. The van der Waals surface area contributed by atoms with E-state index in [0.29, 0.717) is 11.1 Å². The topological polar surface area (TPSA) is 46.5 Å². The number of phenols is 1. The molecule has 0 aliphatic carbocycles. The lowest BCUT2D eigenvalue weighted by Gasteiger charge is -2.03. The van der Waals surface area contributed by atoms with Crippen LogP contribution in [0.3, 0.4) is 0 Å². The highest BCUT2D eigenvalue weighted by Gasteiger charge is 2.09. The predicted molar refractivity (Wildman–Crippen MR) is 49.5 cm³/mol. The van der Waals surface area contributed by atoms with Gasteiger partial charge in [-0.3, -0.25) is 0 Å². The van der Waals surface area contributed by atoms with Crippen LogP contribution >= 0.6 is 0 Å². The molecule has 13 heavy (non-hydrogen) atoms. The van der Waals surface area contributed by atoms with Gasteiger partial charge in [0, 0.05) is 0 Å². The van der Waals surface area contributed by atoms with Crippen LogP contribution in [-0.2, 0) is 4.74 Å². The van der Waals surface area contributed by atoms with Gasteiger partial charge in [-0.05, 0) is 23.8 Å². The SMILES string of the molecule is C=Cc1cc(O)ccc1C(=O)OC. The minimum absolute atomic E-state index is 0.0996. The Balaban J connectivity index is 3.20. The molecule has 3 nitrogen and oxygen atoms in total. The molecule has 68 valence electrons. The first kappa shape index (κ1) is 9.32. The average Bonchev–Trinajstić information content (AvgIpc) is 2.16. The fourth-order valence-electron chi connectivity index (χ4n) is 1.01. The lowest BCUT2D eigenvalue weighted by molar-refractivity contribution is 0.0600. The number of methoxy groups -OCH3 is 1. The Hall–Kier alpha value is -1.77. The molecule has 0 aliphatic rings. The van der Waals surface area contributed by atoms with Crippen LogP contribution < -0.4 is 0 Å². The van der Waals surface area contributed by atoms with Gasteiger partial charge in [0.1, 0.15) is 5.75 Å². The Morgan fingerprint density at radius 2 is 2.31 bits per heavy atom. The van der Waals surface area contributed by atoms with E-state index in [2.05, 4.69) is 11.3 Å². The second-order valence-electron chi connectivity index (χ2n) is 2.47. The number of aromatic hydroxyl groups is 1. The molecular weight excluding hydrogens is 168 g/mol. The number of phenolic OH excluding ortho intramolecular Hbond substituents is 1. The second kappa shape index (κ2) is 3.76. The summed E-state index contributed by atoms with van der Waals surface area (Å²) in [5, 5.41) is 9.12. The summed E-state index contributed by atoms with van der Waals surface area (Å²) in [7, 11) is 1.31. The predicted octanol–water partition coefficient (Wildman–Crippen LogP) is 1.82.